The van der Waals surface area contributed by atoms with Gasteiger partial charge in [0.05, 0.1) is 5.92 Å². The van der Waals surface area contributed by atoms with Gasteiger partial charge in [-0.25, -0.2) is 0 Å². The van der Waals surface area contributed by atoms with E-state index in [1.807, 2.05) is 13.8 Å². The first-order valence-electron chi connectivity index (χ1n) is 7.21. The van der Waals surface area contributed by atoms with Crippen molar-refractivity contribution < 1.29 is 19.2 Å². The number of hydrogen-bond acceptors (Lipinski definition) is 4. The molecule has 2 saturated heterocycles. The first kappa shape index (κ1) is 14.7. The molecule has 0 aromatic carbocycles. The fourth-order valence-corrected chi connectivity index (χ4v) is 3.14. The molecule has 0 saturated carbocycles. The maximum Gasteiger partial charge on any atom is 0.249 e. The summed E-state index contributed by atoms with van der Waals surface area (Å²) >= 11 is 0. The molecule has 0 radical (unpaired) electrons. The molecule has 2 fully saturated rings. The molecule has 2 aliphatic rings. The Hall–Kier alpha value is -1.72. The van der Waals surface area contributed by atoms with Crippen LogP contribution in [0.1, 0.15) is 46.0 Å². The molecular formula is C14H20N2O4. The summed E-state index contributed by atoms with van der Waals surface area (Å²) in [6.07, 6.45) is 2.48. The van der Waals surface area contributed by atoms with E-state index >= 15 is 0 Å². The summed E-state index contributed by atoms with van der Waals surface area (Å²) in [5.41, 5.74) is 0. The highest BCUT2D eigenvalue weighted by Crippen LogP contribution is 2.34. The second-order valence-electron chi connectivity index (χ2n) is 5.42. The van der Waals surface area contributed by atoms with E-state index in [1.165, 1.54) is 0 Å². The summed E-state index contributed by atoms with van der Waals surface area (Å²) in [7, 11) is 0. The van der Waals surface area contributed by atoms with Crippen LogP contribution in [0.5, 0.6) is 0 Å². The minimum Gasteiger partial charge on any atom is -0.295 e. The number of amides is 4. The zero-order chi connectivity index (χ0) is 14.9. The third-order valence-corrected chi connectivity index (χ3v) is 4.16. The van der Waals surface area contributed by atoms with Gasteiger partial charge in [-0.3, -0.25) is 29.4 Å². The Balaban J connectivity index is 2.23. The lowest BCUT2D eigenvalue weighted by Gasteiger charge is -2.28. The van der Waals surface area contributed by atoms with Crippen molar-refractivity contribution >= 4 is 23.6 Å². The minimum atomic E-state index is -0.816. The molecule has 3 unspecified atom stereocenters. The van der Waals surface area contributed by atoms with Gasteiger partial charge in [-0.05, 0) is 19.3 Å². The van der Waals surface area contributed by atoms with Gasteiger partial charge in [0, 0.05) is 12.3 Å². The Bertz CT molecular complexity index is 460. The van der Waals surface area contributed by atoms with E-state index in [2.05, 4.69) is 5.32 Å². The molecule has 2 heterocycles. The lowest BCUT2D eigenvalue weighted by atomic mass is 9.89. The van der Waals surface area contributed by atoms with Crippen molar-refractivity contribution in [2.24, 2.45) is 11.8 Å². The lowest BCUT2D eigenvalue weighted by molar-refractivity contribution is -0.151. The van der Waals surface area contributed by atoms with Crippen molar-refractivity contribution in [3.8, 4) is 0 Å². The van der Waals surface area contributed by atoms with Gasteiger partial charge in [0.1, 0.15) is 6.04 Å². The van der Waals surface area contributed by atoms with Crippen LogP contribution in [0.15, 0.2) is 0 Å². The van der Waals surface area contributed by atoms with Crippen LogP contribution in [0.25, 0.3) is 0 Å². The Morgan fingerprint density at radius 2 is 1.75 bits per heavy atom. The van der Waals surface area contributed by atoms with Crippen LogP contribution < -0.4 is 5.32 Å². The molecule has 20 heavy (non-hydrogen) atoms. The van der Waals surface area contributed by atoms with Crippen LogP contribution in [-0.4, -0.2) is 34.6 Å². The molecule has 0 bridgehead atoms. The van der Waals surface area contributed by atoms with Crippen molar-refractivity contribution in [3.63, 3.8) is 0 Å². The summed E-state index contributed by atoms with van der Waals surface area (Å²) in [4.78, 5) is 49.0. The Labute approximate surface area is 117 Å². The molecule has 2 rings (SSSR count). The van der Waals surface area contributed by atoms with E-state index in [0.29, 0.717) is 12.8 Å². The van der Waals surface area contributed by atoms with Gasteiger partial charge in [-0.2, -0.15) is 0 Å². The van der Waals surface area contributed by atoms with Crippen LogP contribution in [0.4, 0.5) is 0 Å². The van der Waals surface area contributed by atoms with Crippen LogP contribution in [0, 0.1) is 11.8 Å². The summed E-state index contributed by atoms with van der Waals surface area (Å²) in [5.74, 6) is -2.03. The van der Waals surface area contributed by atoms with Crippen LogP contribution in [-0.2, 0) is 19.2 Å². The van der Waals surface area contributed by atoms with Crippen molar-refractivity contribution in [1.29, 1.82) is 0 Å². The fourth-order valence-electron chi connectivity index (χ4n) is 3.14. The molecule has 6 nitrogen and oxygen atoms in total. The third kappa shape index (κ3) is 2.34. The van der Waals surface area contributed by atoms with E-state index < -0.39 is 11.9 Å². The summed E-state index contributed by atoms with van der Waals surface area (Å²) < 4.78 is 0. The predicted octanol–water partition coefficient (Wildman–Crippen LogP) is 0.603. The summed E-state index contributed by atoms with van der Waals surface area (Å²) in [6, 6.07) is -0.816. The number of rotatable bonds is 4. The van der Waals surface area contributed by atoms with Gasteiger partial charge in [0.25, 0.3) is 0 Å². The van der Waals surface area contributed by atoms with Gasteiger partial charge in [-0.1, -0.05) is 20.3 Å². The minimum absolute atomic E-state index is 0.169. The molecule has 6 heteroatoms. The van der Waals surface area contributed by atoms with Gasteiger partial charge in [0.15, 0.2) is 0 Å². The van der Waals surface area contributed by atoms with Crippen molar-refractivity contribution in [2.75, 3.05) is 0 Å². The van der Waals surface area contributed by atoms with Gasteiger partial charge < -0.3 is 0 Å². The first-order chi connectivity index (χ1) is 9.51. The number of nitrogens with one attached hydrogen (secondary N) is 1. The van der Waals surface area contributed by atoms with Gasteiger partial charge in [-0.15, -0.1) is 0 Å². The molecule has 0 aromatic rings. The zero-order valence-electron chi connectivity index (χ0n) is 11.8. The maximum absolute atomic E-state index is 12.4. The molecule has 0 aromatic heterocycles. The van der Waals surface area contributed by atoms with E-state index in [0.717, 1.165) is 11.3 Å². The molecular weight excluding hydrogens is 260 g/mol. The second-order valence-corrected chi connectivity index (χ2v) is 5.42. The van der Waals surface area contributed by atoms with Crippen molar-refractivity contribution in [2.45, 2.75) is 52.0 Å². The van der Waals surface area contributed by atoms with Crippen molar-refractivity contribution in [3.05, 3.63) is 0 Å². The molecule has 0 spiro atoms. The maximum atomic E-state index is 12.4. The smallest absolute Gasteiger partial charge is 0.249 e. The Morgan fingerprint density at radius 3 is 2.30 bits per heavy atom. The van der Waals surface area contributed by atoms with E-state index in [-0.39, 0.29) is 42.4 Å². The standard InChI is InChI=1S/C14H20N2O4/c1-3-5-9-8(4-2)13(19)16(14(9)20)10-6-7-11(17)15-12(10)18/h8-10H,3-7H2,1-2H3,(H,15,17,18). The predicted molar refractivity (Wildman–Crippen MR) is 70.2 cm³/mol. The Morgan fingerprint density at radius 1 is 1.10 bits per heavy atom. The Kier molecular flexibility index (Phi) is 4.20. The van der Waals surface area contributed by atoms with E-state index in [9.17, 15) is 19.2 Å². The average molecular weight is 280 g/mol. The number of carbonyl (C=O) groups is 4. The molecule has 2 aliphatic heterocycles. The average Bonchev–Trinajstić information content (AvgIpc) is 2.63. The van der Waals surface area contributed by atoms with E-state index in [4.69, 9.17) is 0 Å². The number of carbonyl (C=O) groups excluding carboxylic acids is 4. The highest BCUT2D eigenvalue weighted by Gasteiger charge is 2.50. The van der Waals surface area contributed by atoms with Crippen LogP contribution in [0.2, 0.25) is 0 Å². The lowest BCUT2D eigenvalue weighted by Crippen LogP contribution is -2.54. The molecule has 4 amide bonds. The monoisotopic (exact) mass is 280 g/mol. The van der Waals surface area contributed by atoms with Gasteiger partial charge in [0.2, 0.25) is 23.6 Å². The fraction of sp³-hybridized carbons (Fsp3) is 0.714. The molecule has 3 atom stereocenters. The van der Waals surface area contributed by atoms with Crippen LogP contribution in [0.3, 0.4) is 0 Å². The third-order valence-electron chi connectivity index (χ3n) is 4.16. The summed E-state index contributed by atoms with van der Waals surface area (Å²) in [6.45, 7) is 3.85. The highest BCUT2D eigenvalue weighted by molar-refractivity contribution is 6.10. The summed E-state index contributed by atoms with van der Waals surface area (Å²) in [5, 5.41) is 2.20. The topological polar surface area (TPSA) is 83.6 Å². The van der Waals surface area contributed by atoms with Gasteiger partial charge >= 0.3 is 0 Å². The number of imide groups is 2. The second kappa shape index (κ2) is 5.73. The highest BCUT2D eigenvalue weighted by atomic mass is 16.2. The normalized spacial score (nSPS) is 30.9. The molecule has 0 aliphatic carbocycles. The first-order valence-corrected chi connectivity index (χ1v) is 7.21. The van der Waals surface area contributed by atoms with E-state index in [1.54, 1.807) is 0 Å². The molecule has 1 N–H and O–H groups in total. The van der Waals surface area contributed by atoms with Crippen molar-refractivity contribution in [1.82, 2.24) is 10.2 Å². The zero-order valence-corrected chi connectivity index (χ0v) is 11.8. The number of piperidine rings is 1. The molecule has 110 valence electrons. The number of nitrogens with zero attached hydrogens (tertiary/aromatic N) is 1. The number of likely N-dealkylation sites (tertiary alicyclic amines) is 1. The quantitative estimate of drug-likeness (QED) is 0.764. The largest absolute Gasteiger partial charge is 0.295 e. The van der Waals surface area contributed by atoms with Crippen LogP contribution >= 0.6 is 0 Å². The number of hydrogen-bond donors (Lipinski definition) is 1. The SMILES string of the molecule is CCCC1C(=O)N(C2CCC(=O)NC2=O)C(=O)C1CC.